The van der Waals surface area contributed by atoms with Gasteiger partial charge in [0.2, 0.25) is 5.91 Å². The number of nitrogens with one attached hydrogen (secondary N) is 2. The zero-order chi connectivity index (χ0) is 28.9. The van der Waals surface area contributed by atoms with Crippen molar-refractivity contribution in [1.82, 2.24) is 15.5 Å². The highest BCUT2D eigenvalue weighted by molar-refractivity contribution is 5.96. The van der Waals surface area contributed by atoms with Gasteiger partial charge in [-0.3, -0.25) is 14.5 Å². The molecule has 2 aromatic carbocycles. The van der Waals surface area contributed by atoms with Crippen LogP contribution in [0.5, 0.6) is 5.75 Å². The number of ether oxygens (including phenoxy) is 2. The Bertz CT molecular complexity index is 1170. The normalized spacial score (nSPS) is 25.4. The molecule has 2 aromatic rings. The van der Waals surface area contributed by atoms with E-state index in [-0.39, 0.29) is 30.3 Å². The highest BCUT2D eigenvalue weighted by Crippen LogP contribution is 2.40. The summed E-state index contributed by atoms with van der Waals surface area (Å²) in [7, 11) is 1.60. The molecule has 0 radical (unpaired) electrons. The van der Waals surface area contributed by atoms with Crippen LogP contribution in [0.4, 0.5) is 13.2 Å². The van der Waals surface area contributed by atoms with E-state index in [2.05, 4.69) is 15.5 Å². The molecule has 0 unspecified atom stereocenters. The van der Waals surface area contributed by atoms with Crippen molar-refractivity contribution >= 4 is 11.8 Å². The predicted molar refractivity (Wildman–Crippen MR) is 142 cm³/mol. The number of carbonyl (C=O) groups is 2. The lowest BCUT2D eigenvalue weighted by molar-refractivity contribution is -0.137. The summed E-state index contributed by atoms with van der Waals surface area (Å²) in [6.45, 7) is 3.17. The van der Waals surface area contributed by atoms with Crippen molar-refractivity contribution in [1.29, 1.82) is 0 Å². The number of nitrogens with zero attached hydrogens (tertiary/aromatic N) is 1. The second kappa shape index (κ2) is 12.6. The second-order valence-corrected chi connectivity index (χ2v) is 10.4. The fourth-order valence-corrected chi connectivity index (χ4v) is 5.62. The SMILES string of the molecule is CCO[C@@H]1CN(C2CCC(O)(c3ccc(OC)cc3)CC2)C[C@@H]1NC(=O)CNC(=O)c1cccc(C(F)(F)F)c1. The number of likely N-dealkylation sites (tertiary alicyclic amines) is 1. The molecule has 40 heavy (non-hydrogen) atoms. The van der Waals surface area contributed by atoms with Crippen LogP contribution in [0.15, 0.2) is 48.5 Å². The number of benzene rings is 2. The lowest BCUT2D eigenvalue weighted by atomic mass is 9.77. The van der Waals surface area contributed by atoms with Crippen molar-refractivity contribution in [3.8, 4) is 5.75 Å². The molecule has 8 nitrogen and oxygen atoms in total. The standard InChI is InChI=1S/C29H36F3N3O5/c1-3-40-25-18-35(22-11-13-28(38,14-12-22)20-7-9-23(39-2)10-8-20)17-24(25)34-26(36)16-33-27(37)19-5-4-6-21(15-19)29(30,31)32/h4-10,15,22,24-25,38H,3,11-14,16-18H2,1-2H3,(H,33,37)(H,34,36)/t22?,24-,25+,28?/m0/s1. The number of alkyl halides is 3. The molecule has 1 aliphatic carbocycles. The van der Waals surface area contributed by atoms with E-state index in [0.29, 0.717) is 32.5 Å². The average molecular weight is 564 g/mol. The first-order valence-electron chi connectivity index (χ1n) is 13.5. The lowest BCUT2D eigenvalue weighted by Gasteiger charge is -2.40. The van der Waals surface area contributed by atoms with Crippen LogP contribution in [0.3, 0.4) is 0 Å². The Kier molecular flexibility index (Phi) is 9.37. The molecule has 1 heterocycles. The Morgan fingerprint density at radius 2 is 1.80 bits per heavy atom. The summed E-state index contributed by atoms with van der Waals surface area (Å²) in [4.78, 5) is 27.3. The van der Waals surface area contributed by atoms with Crippen LogP contribution in [-0.4, -0.2) is 73.4 Å². The molecule has 1 saturated carbocycles. The lowest BCUT2D eigenvalue weighted by Crippen LogP contribution is -2.48. The van der Waals surface area contributed by atoms with Gasteiger partial charge in [0.1, 0.15) is 5.75 Å². The number of rotatable bonds is 9. The van der Waals surface area contributed by atoms with Crippen molar-refractivity contribution in [2.45, 2.75) is 62.6 Å². The first-order chi connectivity index (χ1) is 19.0. The number of methoxy groups -OCH3 is 1. The zero-order valence-electron chi connectivity index (χ0n) is 22.7. The molecule has 4 rings (SSSR count). The first kappa shape index (κ1) is 29.8. The van der Waals surface area contributed by atoms with Gasteiger partial charge in [0, 0.05) is 31.3 Å². The van der Waals surface area contributed by atoms with E-state index >= 15 is 0 Å². The molecule has 1 saturated heterocycles. The molecule has 2 fully saturated rings. The van der Waals surface area contributed by atoms with E-state index < -0.39 is 29.2 Å². The van der Waals surface area contributed by atoms with E-state index in [9.17, 15) is 27.9 Å². The highest BCUT2D eigenvalue weighted by Gasteiger charge is 2.42. The summed E-state index contributed by atoms with van der Waals surface area (Å²) in [5.74, 6) is -0.472. The minimum absolute atomic E-state index is 0.172. The van der Waals surface area contributed by atoms with Crippen LogP contribution < -0.4 is 15.4 Å². The molecule has 2 amide bonds. The Labute approximate surface area is 231 Å². The van der Waals surface area contributed by atoms with Gasteiger partial charge in [-0.15, -0.1) is 0 Å². The summed E-state index contributed by atoms with van der Waals surface area (Å²) >= 11 is 0. The maximum absolute atomic E-state index is 13.0. The number of halogens is 3. The molecule has 0 bridgehead atoms. The summed E-state index contributed by atoms with van der Waals surface area (Å²) in [6.07, 6.45) is -2.01. The zero-order valence-corrected chi connectivity index (χ0v) is 22.7. The third-order valence-electron chi connectivity index (χ3n) is 7.81. The Hall–Kier alpha value is -3.15. The predicted octanol–water partition coefficient (Wildman–Crippen LogP) is 3.48. The van der Waals surface area contributed by atoms with Crippen molar-refractivity contribution in [3.05, 3.63) is 65.2 Å². The van der Waals surface area contributed by atoms with E-state index in [4.69, 9.17) is 9.47 Å². The van der Waals surface area contributed by atoms with Crippen molar-refractivity contribution < 1.29 is 37.3 Å². The Balaban J connectivity index is 1.30. The molecular formula is C29H36F3N3O5. The number of carbonyl (C=O) groups excluding carboxylic acids is 2. The van der Waals surface area contributed by atoms with Gasteiger partial charge in [-0.2, -0.15) is 13.2 Å². The highest BCUT2D eigenvalue weighted by atomic mass is 19.4. The number of hydrogen-bond acceptors (Lipinski definition) is 6. The second-order valence-electron chi connectivity index (χ2n) is 10.4. The molecular weight excluding hydrogens is 527 g/mol. The molecule has 2 atom stereocenters. The largest absolute Gasteiger partial charge is 0.497 e. The van der Waals surface area contributed by atoms with Crippen LogP contribution >= 0.6 is 0 Å². The molecule has 3 N–H and O–H groups in total. The topological polar surface area (TPSA) is 100 Å². The molecule has 218 valence electrons. The van der Waals surface area contributed by atoms with E-state index in [1.165, 1.54) is 6.07 Å². The van der Waals surface area contributed by atoms with E-state index in [1.54, 1.807) is 7.11 Å². The van der Waals surface area contributed by atoms with Gasteiger partial charge in [-0.05, 0) is 68.5 Å². The maximum Gasteiger partial charge on any atom is 0.416 e. The third kappa shape index (κ3) is 7.13. The van der Waals surface area contributed by atoms with Crippen LogP contribution in [-0.2, 0) is 21.3 Å². The van der Waals surface area contributed by atoms with Crippen LogP contribution in [0.1, 0.15) is 54.1 Å². The molecule has 11 heteroatoms. The summed E-state index contributed by atoms with van der Waals surface area (Å²) in [5.41, 5.74) is -1.13. The van der Waals surface area contributed by atoms with Crippen molar-refractivity contribution in [2.75, 3.05) is 33.4 Å². The summed E-state index contributed by atoms with van der Waals surface area (Å²) < 4.78 is 50.0. The average Bonchev–Trinajstić information content (AvgIpc) is 3.33. The molecule has 0 spiro atoms. The maximum atomic E-state index is 13.0. The minimum atomic E-state index is -4.57. The monoisotopic (exact) mass is 563 g/mol. The smallest absolute Gasteiger partial charge is 0.416 e. The molecule has 0 aromatic heterocycles. The third-order valence-corrected chi connectivity index (χ3v) is 7.81. The number of hydrogen-bond donors (Lipinski definition) is 3. The number of aliphatic hydroxyl groups is 1. The summed E-state index contributed by atoms with van der Waals surface area (Å²) in [6, 6.07) is 11.5. The van der Waals surface area contributed by atoms with Gasteiger partial charge >= 0.3 is 6.18 Å². The molecule has 2 aliphatic rings. The van der Waals surface area contributed by atoms with Gasteiger partial charge in [-0.1, -0.05) is 18.2 Å². The van der Waals surface area contributed by atoms with Gasteiger partial charge in [0.05, 0.1) is 37.0 Å². The van der Waals surface area contributed by atoms with E-state index in [0.717, 1.165) is 42.4 Å². The first-order valence-corrected chi connectivity index (χ1v) is 13.5. The van der Waals surface area contributed by atoms with Gasteiger partial charge in [0.25, 0.3) is 5.91 Å². The molecule has 1 aliphatic heterocycles. The van der Waals surface area contributed by atoms with Crippen LogP contribution in [0.2, 0.25) is 0 Å². The van der Waals surface area contributed by atoms with Gasteiger partial charge < -0.3 is 25.2 Å². The van der Waals surface area contributed by atoms with Gasteiger partial charge in [-0.25, -0.2) is 0 Å². The Morgan fingerprint density at radius 3 is 2.42 bits per heavy atom. The minimum Gasteiger partial charge on any atom is -0.497 e. The van der Waals surface area contributed by atoms with Crippen molar-refractivity contribution in [3.63, 3.8) is 0 Å². The fraction of sp³-hybridized carbons (Fsp3) is 0.517. The van der Waals surface area contributed by atoms with Crippen LogP contribution in [0.25, 0.3) is 0 Å². The van der Waals surface area contributed by atoms with Gasteiger partial charge in [0.15, 0.2) is 0 Å². The Morgan fingerprint density at radius 1 is 1.10 bits per heavy atom. The van der Waals surface area contributed by atoms with Crippen molar-refractivity contribution in [2.24, 2.45) is 0 Å². The number of amides is 2. The summed E-state index contributed by atoms with van der Waals surface area (Å²) in [5, 5.41) is 16.6. The van der Waals surface area contributed by atoms with Crippen LogP contribution in [0, 0.1) is 0 Å². The van der Waals surface area contributed by atoms with E-state index in [1.807, 2.05) is 31.2 Å². The fourth-order valence-electron chi connectivity index (χ4n) is 5.62. The quantitative estimate of drug-likeness (QED) is 0.432.